The average molecular weight is 1050 g/mol. The van der Waals surface area contributed by atoms with Gasteiger partial charge in [-0.3, -0.25) is 52.9 Å². The fraction of sp³-hybridized carbons (Fsp3) is 0.696. The largest absolute Gasteiger partial charge is 0.480 e. The number of aliphatic hydroxyl groups excluding tert-OH is 2. The summed E-state index contributed by atoms with van der Waals surface area (Å²) in [5, 5.41) is 48.4. The van der Waals surface area contributed by atoms with Gasteiger partial charge >= 0.3 is 5.97 Å². The monoisotopic (exact) mass is 1050 g/mol. The molecule has 28 heteroatoms. The summed E-state index contributed by atoms with van der Waals surface area (Å²) in [6, 6.07) is -12.8. The Morgan fingerprint density at radius 2 is 1.28 bits per heavy atom. The van der Waals surface area contributed by atoms with Crippen LogP contribution in [0.1, 0.15) is 99.1 Å². The van der Waals surface area contributed by atoms with Gasteiger partial charge in [-0.25, -0.2) is 4.98 Å². The number of amides is 9. The molecule has 74 heavy (non-hydrogen) atoms. The molecule has 2 saturated heterocycles. The Labute approximate surface area is 429 Å². The van der Waals surface area contributed by atoms with Crippen LogP contribution in [0.5, 0.6) is 0 Å². The Morgan fingerprint density at radius 1 is 0.730 bits per heavy atom. The number of hydrogen-bond acceptors (Lipinski definition) is 15. The molecule has 3 heterocycles. The average Bonchev–Trinajstić information content (AvgIpc) is 4.16. The predicted molar refractivity (Wildman–Crippen MR) is 265 cm³/mol. The Morgan fingerprint density at radius 3 is 1.80 bits per heavy atom. The number of nitrogens with one attached hydrogen (secondary N) is 8. The predicted octanol–water partition coefficient (Wildman–Crippen LogP) is -5.09. The van der Waals surface area contributed by atoms with Crippen molar-refractivity contribution in [2.24, 2.45) is 34.0 Å². The van der Waals surface area contributed by atoms with Crippen molar-refractivity contribution in [3.8, 4) is 0 Å². The van der Waals surface area contributed by atoms with Gasteiger partial charge in [0.25, 0.3) is 0 Å². The van der Waals surface area contributed by atoms with E-state index in [0.29, 0.717) is 25.0 Å². The minimum Gasteiger partial charge on any atom is -0.480 e. The third-order valence-corrected chi connectivity index (χ3v) is 12.9. The number of carboxylic acids is 1. The molecule has 0 bridgehead atoms. The number of carboxylic acid groups (broad SMARTS) is 1. The second-order valence-corrected chi connectivity index (χ2v) is 19.2. The van der Waals surface area contributed by atoms with Gasteiger partial charge < -0.3 is 84.5 Å². The summed E-state index contributed by atoms with van der Waals surface area (Å²) in [5.41, 5.74) is 16.9. The summed E-state index contributed by atoms with van der Waals surface area (Å²) in [7, 11) is 0. The quantitative estimate of drug-likeness (QED) is 0.0212. The van der Waals surface area contributed by atoms with Crippen LogP contribution in [-0.2, 0) is 54.4 Å². The number of aliphatic hydroxyl groups is 2. The highest BCUT2D eigenvalue weighted by atomic mass is 16.4. The lowest BCUT2D eigenvalue weighted by atomic mass is 9.97. The van der Waals surface area contributed by atoms with Crippen molar-refractivity contribution in [3.05, 3.63) is 18.2 Å². The second-order valence-electron chi connectivity index (χ2n) is 19.2. The zero-order valence-corrected chi connectivity index (χ0v) is 43.1. The van der Waals surface area contributed by atoms with Crippen LogP contribution < -0.4 is 54.4 Å². The SMILES string of the molecule is CC[C@H](C)[C@H](NC(=O)[C@@H]1CCCN1C(=O)[C@@H](NC(=O)[C@@H](NC(=O)[C@H](Cc1cnc[nH]1)NC(=O)[C@@H]1CCCN1C(=O)[C@H](CO)NC(=O)[C@H](CCCN=C(N)N)NC(=O)[C@H](C)N)C(C)C)[C@@H](C)O)C(=O)N[C@@H](C)C(=O)O. The van der Waals surface area contributed by atoms with E-state index in [-0.39, 0.29) is 57.7 Å². The van der Waals surface area contributed by atoms with Crippen molar-refractivity contribution in [1.82, 2.24) is 57.0 Å². The first kappa shape index (κ1) is 61.4. The molecule has 0 saturated carbocycles. The number of aromatic nitrogens is 2. The molecule has 17 N–H and O–H groups in total. The van der Waals surface area contributed by atoms with Crippen LogP contribution >= 0.6 is 0 Å². The van der Waals surface area contributed by atoms with E-state index in [4.69, 9.17) is 17.2 Å². The zero-order chi connectivity index (χ0) is 55.6. The number of aromatic amines is 1. The Balaban J connectivity index is 1.79. The number of aliphatic imine (C=N–C) groups is 1. The van der Waals surface area contributed by atoms with Crippen LogP contribution in [0, 0.1) is 11.8 Å². The lowest BCUT2D eigenvalue weighted by molar-refractivity contribution is -0.145. The van der Waals surface area contributed by atoms with E-state index in [0.717, 1.165) is 4.90 Å². The molecule has 414 valence electrons. The van der Waals surface area contributed by atoms with E-state index in [1.165, 1.54) is 38.2 Å². The van der Waals surface area contributed by atoms with Gasteiger partial charge in [-0.15, -0.1) is 0 Å². The van der Waals surface area contributed by atoms with E-state index in [9.17, 15) is 63.3 Å². The van der Waals surface area contributed by atoms with E-state index >= 15 is 0 Å². The number of hydrogen-bond donors (Lipinski definition) is 14. The molecule has 3 rings (SSSR count). The van der Waals surface area contributed by atoms with Crippen LogP contribution in [0.4, 0.5) is 0 Å². The van der Waals surface area contributed by atoms with E-state index in [1.54, 1.807) is 27.7 Å². The summed E-state index contributed by atoms with van der Waals surface area (Å²) in [6.07, 6.45) is 2.78. The van der Waals surface area contributed by atoms with E-state index < -0.39 is 144 Å². The Kier molecular flexibility index (Phi) is 24.1. The highest BCUT2D eigenvalue weighted by molar-refractivity contribution is 5.99. The number of H-pyrrole nitrogens is 1. The van der Waals surface area contributed by atoms with Crippen LogP contribution in [-0.4, -0.2) is 193 Å². The third-order valence-electron chi connectivity index (χ3n) is 12.9. The molecular formula is C46H77N15O13. The fourth-order valence-electron chi connectivity index (χ4n) is 8.35. The zero-order valence-electron chi connectivity index (χ0n) is 43.1. The maximum absolute atomic E-state index is 14.2. The van der Waals surface area contributed by atoms with Gasteiger partial charge in [0, 0.05) is 37.9 Å². The molecule has 28 nitrogen and oxygen atoms in total. The van der Waals surface area contributed by atoms with Crippen molar-refractivity contribution in [2.75, 3.05) is 26.2 Å². The van der Waals surface area contributed by atoms with Gasteiger partial charge in [0.15, 0.2) is 5.96 Å². The Hall–Kier alpha value is -6.94. The molecule has 0 spiro atoms. The molecule has 0 aromatic carbocycles. The minimum atomic E-state index is -1.62. The minimum absolute atomic E-state index is 0.0301. The summed E-state index contributed by atoms with van der Waals surface area (Å²) in [4.78, 5) is 148. The molecule has 2 aliphatic rings. The molecule has 0 unspecified atom stereocenters. The highest BCUT2D eigenvalue weighted by Crippen LogP contribution is 2.22. The van der Waals surface area contributed by atoms with Crippen molar-refractivity contribution < 1.29 is 63.3 Å². The van der Waals surface area contributed by atoms with Crippen molar-refractivity contribution in [3.63, 3.8) is 0 Å². The Bertz CT molecular complexity index is 2150. The van der Waals surface area contributed by atoms with Crippen LogP contribution in [0.15, 0.2) is 17.5 Å². The van der Waals surface area contributed by atoms with Crippen molar-refractivity contribution in [2.45, 2.75) is 166 Å². The molecule has 2 aliphatic heterocycles. The number of aliphatic carboxylic acids is 1. The molecule has 9 amide bonds. The standard InChI is InChI=1S/C46H77N15O13/c1-8-23(4)34(42(70)53-25(6)45(73)74)58-40(68)32-14-11-17-61(32)44(72)35(26(7)63)59-41(69)33(22(2)3)57-38(66)29(18-27-19-50-21-52-27)55-39(67)31-13-10-16-60(31)43(71)30(20-62)56-37(65)28(54-36(64)24(5)47)12-9-15-51-46(48)49/h19,21-26,28-35,62-63H,8-18,20,47H2,1-7H3,(H,50,52)(H,53,70)(H,54,64)(H,55,67)(H,56,65)(H,57,66)(H,58,68)(H,59,69)(H,73,74)(H4,48,49,51)/t23-,24-,25-,26+,28-,29-,30-,31-,32-,33-,34-,35-/m0/s1. The van der Waals surface area contributed by atoms with E-state index in [2.05, 4.69) is 52.2 Å². The molecule has 0 aliphatic carbocycles. The molecular weight excluding hydrogens is 971 g/mol. The van der Waals surface area contributed by atoms with Gasteiger partial charge in [-0.05, 0) is 71.1 Å². The number of carbonyl (C=O) groups excluding carboxylic acids is 9. The highest BCUT2D eigenvalue weighted by Gasteiger charge is 2.43. The molecule has 1 aromatic rings. The summed E-state index contributed by atoms with van der Waals surface area (Å²) in [6.45, 7) is 9.97. The lowest BCUT2D eigenvalue weighted by Gasteiger charge is -2.33. The fourth-order valence-corrected chi connectivity index (χ4v) is 8.35. The topological polar surface area (TPSA) is 441 Å². The second kappa shape index (κ2) is 29.1. The normalized spacial score (nSPS) is 19.4. The smallest absolute Gasteiger partial charge is 0.325 e. The van der Waals surface area contributed by atoms with Gasteiger partial charge in [0.05, 0.1) is 25.1 Å². The molecule has 12 atom stereocenters. The molecule has 2 fully saturated rings. The third kappa shape index (κ3) is 17.6. The first-order valence-corrected chi connectivity index (χ1v) is 24.9. The number of likely N-dealkylation sites (tertiary alicyclic amines) is 2. The number of guanidine groups is 1. The van der Waals surface area contributed by atoms with Crippen molar-refractivity contribution >= 4 is 65.1 Å². The number of carbonyl (C=O) groups is 10. The lowest BCUT2D eigenvalue weighted by Crippen LogP contribution is -2.63. The number of nitrogens with two attached hydrogens (primary N) is 3. The summed E-state index contributed by atoms with van der Waals surface area (Å²) in [5.74, 6) is -9.61. The maximum Gasteiger partial charge on any atom is 0.325 e. The van der Waals surface area contributed by atoms with Gasteiger partial charge in [-0.2, -0.15) is 0 Å². The first-order valence-electron chi connectivity index (χ1n) is 24.9. The molecule has 1 aromatic heterocycles. The maximum atomic E-state index is 14.2. The number of nitrogens with zero attached hydrogens (tertiary/aromatic N) is 4. The number of imidazole rings is 1. The van der Waals surface area contributed by atoms with E-state index in [1.807, 2.05) is 0 Å². The van der Waals surface area contributed by atoms with Gasteiger partial charge in [0.2, 0.25) is 53.2 Å². The van der Waals surface area contributed by atoms with Gasteiger partial charge in [-0.1, -0.05) is 34.1 Å². The number of rotatable bonds is 28. The van der Waals surface area contributed by atoms with Crippen molar-refractivity contribution in [1.29, 1.82) is 0 Å². The van der Waals surface area contributed by atoms with Crippen LogP contribution in [0.3, 0.4) is 0 Å². The van der Waals surface area contributed by atoms with Crippen LogP contribution in [0.25, 0.3) is 0 Å². The first-order chi connectivity index (χ1) is 34.8. The van der Waals surface area contributed by atoms with Crippen LogP contribution in [0.2, 0.25) is 0 Å². The summed E-state index contributed by atoms with van der Waals surface area (Å²) >= 11 is 0. The molecule has 0 radical (unpaired) electrons. The summed E-state index contributed by atoms with van der Waals surface area (Å²) < 4.78 is 0. The van der Waals surface area contributed by atoms with Gasteiger partial charge in [0.1, 0.15) is 54.4 Å².